The van der Waals surface area contributed by atoms with Gasteiger partial charge in [0.05, 0.1) is 5.92 Å². The van der Waals surface area contributed by atoms with Crippen molar-refractivity contribution in [3.05, 3.63) is 48.7 Å². The molecule has 1 N–H and O–H groups in total. The first-order chi connectivity index (χ1) is 15.8. The minimum atomic E-state index is -0.0690. The van der Waals surface area contributed by atoms with E-state index < -0.39 is 0 Å². The number of carbonyl (C=O) groups is 1. The Balaban J connectivity index is 1.17. The van der Waals surface area contributed by atoms with Gasteiger partial charge in [-0.2, -0.15) is 5.10 Å². The fourth-order valence-corrected chi connectivity index (χ4v) is 4.36. The van der Waals surface area contributed by atoms with Gasteiger partial charge < -0.3 is 15.1 Å². The van der Waals surface area contributed by atoms with Crippen molar-refractivity contribution in [2.75, 3.05) is 36.0 Å². The van der Waals surface area contributed by atoms with Crippen LogP contribution < -0.4 is 15.1 Å². The summed E-state index contributed by atoms with van der Waals surface area (Å²) < 4.78 is 1.57. The van der Waals surface area contributed by atoms with Crippen LogP contribution in [0.3, 0.4) is 0 Å². The Labute approximate surface area is 186 Å². The van der Waals surface area contributed by atoms with Gasteiger partial charge in [-0.25, -0.2) is 14.6 Å². The van der Waals surface area contributed by atoms with E-state index in [0.29, 0.717) is 18.9 Å². The number of carbonyl (C=O) groups excluding carboxylic acids is 1. The molecule has 0 aromatic carbocycles. The third-order valence-electron chi connectivity index (χ3n) is 6.11. The van der Waals surface area contributed by atoms with Gasteiger partial charge >= 0.3 is 0 Å². The highest BCUT2D eigenvalue weighted by Crippen LogP contribution is 2.22. The number of nitrogens with one attached hydrogen (secondary N) is 1. The summed E-state index contributed by atoms with van der Waals surface area (Å²) in [6, 6.07) is 7.84. The highest BCUT2D eigenvalue weighted by Gasteiger charge is 2.26. The molecule has 0 spiro atoms. The molecule has 10 heteroatoms. The fraction of sp³-hybridized carbons (Fsp3) is 0.455. The molecule has 0 bridgehead atoms. The highest BCUT2D eigenvalue weighted by atomic mass is 16.1. The van der Waals surface area contributed by atoms with E-state index in [1.54, 1.807) is 11.0 Å². The minimum absolute atomic E-state index is 0.0690. The second kappa shape index (κ2) is 9.29. The first-order valence-corrected chi connectivity index (χ1v) is 11.2. The summed E-state index contributed by atoms with van der Waals surface area (Å²) in [5, 5.41) is 15.8. The molecule has 0 saturated carbocycles. The number of anilines is 2. The summed E-state index contributed by atoms with van der Waals surface area (Å²) in [7, 11) is 0. The van der Waals surface area contributed by atoms with Gasteiger partial charge in [0.15, 0.2) is 11.6 Å². The predicted molar refractivity (Wildman–Crippen MR) is 119 cm³/mol. The Hall–Kier alpha value is -3.56. The molecular weight excluding hydrogens is 406 g/mol. The molecule has 1 amide bonds. The first kappa shape index (κ1) is 20.3. The number of amides is 1. The predicted octanol–water partition coefficient (Wildman–Crippen LogP) is 1.59. The molecule has 3 aromatic rings. The van der Waals surface area contributed by atoms with Gasteiger partial charge in [0.25, 0.3) is 0 Å². The zero-order valence-corrected chi connectivity index (χ0v) is 18.0. The van der Waals surface area contributed by atoms with Crippen LogP contribution in [0.4, 0.5) is 11.6 Å². The van der Waals surface area contributed by atoms with E-state index in [1.807, 2.05) is 24.4 Å². The summed E-state index contributed by atoms with van der Waals surface area (Å²) in [5.74, 6) is 2.41. The fourth-order valence-electron chi connectivity index (χ4n) is 4.36. The molecule has 0 radical (unpaired) electrons. The molecule has 32 heavy (non-hydrogen) atoms. The van der Waals surface area contributed by atoms with E-state index in [4.69, 9.17) is 0 Å². The second-order valence-corrected chi connectivity index (χ2v) is 8.31. The van der Waals surface area contributed by atoms with Crippen LogP contribution in [0, 0.1) is 5.92 Å². The Morgan fingerprint density at radius 2 is 1.81 bits per heavy atom. The number of hydrogen-bond donors (Lipinski definition) is 1. The quantitative estimate of drug-likeness (QED) is 0.625. The lowest BCUT2D eigenvalue weighted by molar-refractivity contribution is -0.125. The second-order valence-electron chi connectivity index (χ2n) is 8.31. The van der Waals surface area contributed by atoms with Gasteiger partial charge in [-0.1, -0.05) is 0 Å². The summed E-state index contributed by atoms with van der Waals surface area (Å²) in [6.07, 6.45) is 9.13. The highest BCUT2D eigenvalue weighted by molar-refractivity contribution is 5.79. The van der Waals surface area contributed by atoms with Crippen molar-refractivity contribution in [2.24, 2.45) is 5.92 Å². The van der Waals surface area contributed by atoms with Crippen LogP contribution in [0.5, 0.6) is 0 Å². The van der Waals surface area contributed by atoms with Crippen LogP contribution >= 0.6 is 0 Å². The van der Waals surface area contributed by atoms with Crippen LogP contribution in [0.1, 0.15) is 31.2 Å². The van der Waals surface area contributed by atoms with Crippen LogP contribution in [-0.4, -0.2) is 62.0 Å². The van der Waals surface area contributed by atoms with Crippen LogP contribution in [0.15, 0.2) is 43.1 Å². The maximum absolute atomic E-state index is 12.9. The summed E-state index contributed by atoms with van der Waals surface area (Å²) in [5.41, 5.74) is 1.08. The zero-order chi connectivity index (χ0) is 21.8. The monoisotopic (exact) mass is 433 g/mol. The van der Waals surface area contributed by atoms with Crippen LogP contribution in [-0.2, 0) is 11.3 Å². The lowest BCUT2D eigenvalue weighted by Gasteiger charge is -2.32. The molecule has 5 rings (SSSR count). The molecule has 166 valence electrons. The van der Waals surface area contributed by atoms with Crippen LogP contribution in [0.2, 0.25) is 0 Å². The van der Waals surface area contributed by atoms with Crippen molar-refractivity contribution in [1.82, 2.24) is 35.3 Å². The molecule has 1 unspecified atom stereocenters. The average molecular weight is 434 g/mol. The minimum Gasteiger partial charge on any atom is -0.357 e. The number of pyridine rings is 1. The van der Waals surface area contributed by atoms with E-state index in [9.17, 15) is 4.79 Å². The molecule has 2 aliphatic rings. The SMILES string of the molecule is O=C(NCc1ccnc(N2CCCC2)c1)C1CCCN(c2ccc(-n3cncn3)nn2)C1. The maximum atomic E-state index is 12.9. The van der Waals surface area contributed by atoms with E-state index in [2.05, 4.69) is 46.4 Å². The Morgan fingerprint density at radius 1 is 1.00 bits per heavy atom. The standard InChI is InChI=1S/C22H27N9O/c32-22(25-13-17-7-8-24-21(12-17)29-9-1-2-10-29)18-4-3-11-30(14-18)19-5-6-20(28-27-19)31-16-23-15-26-31/h5-8,12,15-16,18H,1-4,9-11,13-14H2,(H,25,32). The van der Waals surface area contributed by atoms with Crippen LogP contribution in [0.25, 0.3) is 5.82 Å². The number of aromatic nitrogens is 6. The van der Waals surface area contributed by atoms with E-state index in [0.717, 1.165) is 49.7 Å². The first-order valence-electron chi connectivity index (χ1n) is 11.2. The average Bonchev–Trinajstić information content (AvgIpc) is 3.58. The van der Waals surface area contributed by atoms with Gasteiger partial charge in [0.2, 0.25) is 5.91 Å². The maximum Gasteiger partial charge on any atom is 0.225 e. The van der Waals surface area contributed by atoms with Gasteiger partial charge in [-0.15, -0.1) is 10.2 Å². The zero-order valence-electron chi connectivity index (χ0n) is 18.0. The van der Waals surface area contributed by atoms with E-state index in [-0.39, 0.29) is 11.8 Å². The lowest BCUT2D eigenvalue weighted by atomic mass is 9.97. The number of nitrogens with zero attached hydrogens (tertiary/aromatic N) is 8. The van der Waals surface area contributed by atoms with Crippen molar-refractivity contribution in [1.29, 1.82) is 0 Å². The molecule has 0 aliphatic carbocycles. The normalized spacial score (nSPS) is 18.7. The third-order valence-corrected chi connectivity index (χ3v) is 6.11. The molecule has 2 saturated heterocycles. The van der Waals surface area contributed by atoms with Crippen molar-refractivity contribution in [2.45, 2.75) is 32.2 Å². The molecule has 2 aliphatic heterocycles. The number of rotatable bonds is 6. The molecule has 1 atom stereocenters. The smallest absolute Gasteiger partial charge is 0.225 e. The molecular formula is C22H27N9O. The van der Waals surface area contributed by atoms with Crippen molar-refractivity contribution >= 4 is 17.5 Å². The molecule has 5 heterocycles. The Kier molecular flexibility index (Phi) is 5.91. The molecule has 2 fully saturated rings. The van der Waals surface area contributed by atoms with Crippen molar-refractivity contribution in [3.63, 3.8) is 0 Å². The Morgan fingerprint density at radius 3 is 2.59 bits per heavy atom. The van der Waals surface area contributed by atoms with Gasteiger partial charge in [-0.05, 0) is 55.5 Å². The van der Waals surface area contributed by atoms with Crippen molar-refractivity contribution < 1.29 is 4.79 Å². The van der Waals surface area contributed by atoms with E-state index in [1.165, 1.54) is 19.2 Å². The van der Waals surface area contributed by atoms with Gasteiger partial charge in [0, 0.05) is 38.9 Å². The molecule has 10 nitrogen and oxygen atoms in total. The third kappa shape index (κ3) is 4.53. The lowest BCUT2D eigenvalue weighted by Crippen LogP contribution is -2.43. The Bertz CT molecular complexity index is 1030. The molecule has 3 aromatic heterocycles. The summed E-state index contributed by atoms with van der Waals surface area (Å²) >= 11 is 0. The number of hydrogen-bond acceptors (Lipinski definition) is 8. The van der Waals surface area contributed by atoms with Gasteiger partial charge in [0.1, 0.15) is 18.5 Å². The van der Waals surface area contributed by atoms with Gasteiger partial charge in [-0.3, -0.25) is 4.79 Å². The number of piperidine rings is 1. The summed E-state index contributed by atoms with van der Waals surface area (Å²) in [4.78, 5) is 25.7. The largest absolute Gasteiger partial charge is 0.357 e. The topological polar surface area (TPSA) is 105 Å². The summed E-state index contributed by atoms with van der Waals surface area (Å²) in [6.45, 7) is 4.14. The van der Waals surface area contributed by atoms with Crippen molar-refractivity contribution in [3.8, 4) is 5.82 Å². The van der Waals surface area contributed by atoms with E-state index >= 15 is 0 Å².